The summed E-state index contributed by atoms with van der Waals surface area (Å²) in [7, 11) is 0. The molecule has 3 rings (SSSR count). The van der Waals surface area contributed by atoms with Crippen molar-refractivity contribution in [2.75, 3.05) is 0 Å². The minimum absolute atomic E-state index is 0. The molecule has 1 heterocycles. The molecular formula is C19H26Cl2Ti. The van der Waals surface area contributed by atoms with Crippen LogP contribution in [-0.2, 0) is 19.2 Å². The average molecular weight is 373 g/mol. The summed E-state index contributed by atoms with van der Waals surface area (Å²) >= 11 is -0.0454. The Morgan fingerprint density at radius 2 is 1.18 bits per heavy atom. The second-order valence-electron chi connectivity index (χ2n) is 6.97. The van der Waals surface area contributed by atoms with Gasteiger partial charge in [0.2, 0.25) is 0 Å². The molecule has 2 aliphatic carbocycles. The summed E-state index contributed by atoms with van der Waals surface area (Å²) in [5.74, 6) is 0. The fourth-order valence-corrected chi connectivity index (χ4v) is 7.20. The van der Waals surface area contributed by atoms with Crippen LogP contribution in [0.1, 0.15) is 67.2 Å². The Morgan fingerprint density at radius 1 is 0.818 bits per heavy atom. The van der Waals surface area contributed by atoms with E-state index in [1.807, 2.05) is 7.76 Å². The van der Waals surface area contributed by atoms with Gasteiger partial charge in [-0.15, -0.1) is 0 Å². The van der Waals surface area contributed by atoms with E-state index in [9.17, 15) is 0 Å². The fraction of sp³-hybridized carbons (Fsp3) is 0.579. The Labute approximate surface area is 157 Å². The van der Waals surface area contributed by atoms with E-state index < -0.39 is 0 Å². The monoisotopic (exact) mass is 372 g/mol. The predicted octanol–water partition coefficient (Wildman–Crippen LogP) is -0.115. The van der Waals surface area contributed by atoms with Crippen LogP contribution in [0.3, 0.4) is 0 Å². The largest absolute Gasteiger partial charge is 1.00 e. The quantitative estimate of drug-likeness (QED) is 0.593. The standard InChI is InChI=1S/C19H26.2ClH.Ti/c1-7-15-11-9-13(3)17(15)19(5,6)18-14(4)10-12-16(18)8-2;;;/h7-8,11-12H2,1-6H3;2*1H;/q;;;+2/p-2. The average Bonchev–Trinajstić information content (AvgIpc) is 2.90. The molecule has 3 heteroatoms. The molecular weight excluding hydrogens is 347 g/mol. The van der Waals surface area contributed by atoms with Crippen molar-refractivity contribution in [2.24, 2.45) is 5.41 Å². The Bertz CT molecular complexity index is 563. The van der Waals surface area contributed by atoms with Gasteiger partial charge in [0.15, 0.2) is 0 Å². The Kier molecular flexibility index (Phi) is 6.47. The van der Waals surface area contributed by atoms with E-state index in [-0.39, 0.29) is 49.4 Å². The van der Waals surface area contributed by atoms with Crippen LogP contribution in [0.2, 0.25) is 0 Å². The fourth-order valence-electron chi connectivity index (χ4n) is 4.71. The first kappa shape index (κ1) is 20.3. The molecule has 0 spiro atoms. The van der Waals surface area contributed by atoms with E-state index in [1.165, 1.54) is 25.7 Å². The van der Waals surface area contributed by atoms with E-state index in [4.69, 9.17) is 0 Å². The SMILES string of the molecule is CCC1=C2C(C)=[C](C1)[Ti+2][C]1=C(C)C(=C(CC)C1)C2(C)C.[Cl-].[Cl-]. The van der Waals surface area contributed by atoms with Crippen molar-refractivity contribution in [1.29, 1.82) is 0 Å². The van der Waals surface area contributed by atoms with Crippen molar-refractivity contribution in [3.63, 3.8) is 0 Å². The van der Waals surface area contributed by atoms with Gasteiger partial charge in [0.05, 0.1) is 0 Å². The molecule has 1 aliphatic heterocycles. The number of fused-ring (bicyclic) bond motifs is 2. The van der Waals surface area contributed by atoms with Gasteiger partial charge < -0.3 is 24.8 Å². The van der Waals surface area contributed by atoms with Gasteiger partial charge in [0, 0.05) is 0 Å². The minimum Gasteiger partial charge on any atom is -1.00 e. The van der Waals surface area contributed by atoms with Gasteiger partial charge in [0.1, 0.15) is 0 Å². The molecule has 120 valence electrons. The second kappa shape index (κ2) is 7.02. The maximum absolute atomic E-state index is 2.48. The predicted molar refractivity (Wildman–Crippen MR) is 83.0 cm³/mol. The molecule has 0 aromatic heterocycles. The third-order valence-corrected chi connectivity index (χ3v) is 8.21. The molecule has 0 aromatic rings. The number of rotatable bonds is 2. The molecule has 0 unspecified atom stereocenters. The summed E-state index contributed by atoms with van der Waals surface area (Å²) in [6.07, 6.45) is 5.06. The summed E-state index contributed by atoms with van der Waals surface area (Å²) in [6.45, 7) is 14.5. The zero-order chi connectivity index (χ0) is 14.7. The molecule has 0 atom stereocenters. The van der Waals surface area contributed by atoms with Crippen molar-refractivity contribution < 1.29 is 44.0 Å². The zero-order valence-corrected chi connectivity index (χ0v) is 17.7. The third kappa shape index (κ3) is 2.75. The maximum atomic E-state index is 2.48. The van der Waals surface area contributed by atoms with Crippen molar-refractivity contribution in [3.05, 3.63) is 41.2 Å². The number of halogens is 2. The number of allylic oxidation sites excluding steroid dienone is 8. The molecule has 3 aliphatic rings. The third-order valence-electron chi connectivity index (χ3n) is 5.55. The summed E-state index contributed by atoms with van der Waals surface area (Å²) < 4.78 is 3.66. The van der Waals surface area contributed by atoms with Gasteiger partial charge in [-0.3, -0.25) is 0 Å². The molecule has 4 bridgehead atoms. The van der Waals surface area contributed by atoms with Crippen LogP contribution in [0.25, 0.3) is 0 Å². The van der Waals surface area contributed by atoms with Crippen LogP contribution in [0.15, 0.2) is 41.2 Å². The topological polar surface area (TPSA) is 0 Å². The van der Waals surface area contributed by atoms with Crippen molar-refractivity contribution in [1.82, 2.24) is 0 Å². The first-order valence-corrected chi connectivity index (χ1v) is 9.60. The Balaban J connectivity index is 0.00000121. The van der Waals surface area contributed by atoms with Crippen molar-refractivity contribution >= 4 is 0 Å². The maximum Gasteiger partial charge on any atom is -1.00 e. The molecule has 0 nitrogen and oxygen atoms in total. The van der Waals surface area contributed by atoms with Crippen molar-refractivity contribution in [2.45, 2.75) is 67.2 Å². The number of hydrogen-bond acceptors (Lipinski definition) is 0. The molecule has 22 heavy (non-hydrogen) atoms. The molecule has 0 amide bonds. The van der Waals surface area contributed by atoms with Crippen LogP contribution >= 0.6 is 0 Å². The smallest absolute Gasteiger partial charge is 1.00 e. The van der Waals surface area contributed by atoms with E-state index in [0.29, 0.717) is 0 Å². The normalized spacial score (nSPS) is 21.9. The summed E-state index contributed by atoms with van der Waals surface area (Å²) in [6, 6.07) is 0. The van der Waals surface area contributed by atoms with Crippen LogP contribution in [0, 0.1) is 5.41 Å². The van der Waals surface area contributed by atoms with Gasteiger partial charge in [-0.1, -0.05) is 0 Å². The van der Waals surface area contributed by atoms with E-state index in [0.717, 1.165) is 0 Å². The van der Waals surface area contributed by atoms with Crippen LogP contribution in [-0.4, -0.2) is 0 Å². The van der Waals surface area contributed by atoms with Gasteiger partial charge in [-0.2, -0.15) is 0 Å². The van der Waals surface area contributed by atoms with Crippen LogP contribution < -0.4 is 24.8 Å². The summed E-state index contributed by atoms with van der Waals surface area (Å²) in [4.78, 5) is 0. The first-order valence-electron chi connectivity index (χ1n) is 8.04. The van der Waals surface area contributed by atoms with Gasteiger partial charge in [0.25, 0.3) is 0 Å². The van der Waals surface area contributed by atoms with Crippen molar-refractivity contribution in [3.8, 4) is 0 Å². The number of hydrogen-bond donors (Lipinski definition) is 0. The van der Waals surface area contributed by atoms with E-state index >= 15 is 0 Å². The molecule has 0 fully saturated rings. The zero-order valence-electron chi connectivity index (χ0n) is 14.6. The summed E-state index contributed by atoms with van der Waals surface area (Å²) in [5.41, 5.74) is 10.4. The molecule has 0 radical (unpaired) electrons. The van der Waals surface area contributed by atoms with Gasteiger partial charge in [-0.05, 0) is 0 Å². The van der Waals surface area contributed by atoms with Crippen LogP contribution in [0.4, 0.5) is 0 Å². The van der Waals surface area contributed by atoms with Gasteiger partial charge in [-0.25, -0.2) is 0 Å². The van der Waals surface area contributed by atoms with E-state index in [1.54, 1.807) is 33.4 Å². The Morgan fingerprint density at radius 3 is 1.50 bits per heavy atom. The summed E-state index contributed by atoms with van der Waals surface area (Å²) in [5, 5.41) is 0. The molecule has 0 saturated heterocycles. The van der Waals surface area contributed by atoms with E-state index in [2.05, 4.69) is 41.5 Å². The van der Waals surface area contributed by atoms with Crippen LogP contribution in [0.5, 0.6) is 0 Å². The molecule has 0 aromatic carbocycles. The molecule has 0 saturated carbocycles. The Hall–Kier alpha value is 0.254. The van der Waals surface area contributed by atoms with Gasteiger partial charge >= 0.3 is 133 Å². The second-order valence-corrected chi connectivity index (χ2v) is 9.25. The molecule has 0 N–H and O–H groups in total. The minimum atomic E-state index is -0.0454. The first-order chi connectivity index (χ1) is 9.41.